The maximum atomic E-state index is 12.2. The Morgan fingerprint density at radius 2 is 1.86 bits per heavy atom. The van der Waals surface area contributed by atoms with Gasteiger partial charge in [0.15, 0.2) is 9.84 Å². The molecule has 2 aromatic rings. The molecule has 0 fully saturated rings. The Balaban J connectivity index is 1.78. The number of hydrogen-bond donors (Lipinski definition) is 1. The predicted molar refractivity (Wildman–Crippen MR) is 110 cm³/mol. The van der Waals surface area contributed by atoms with E-state index in [9.17, 15) is 13.2 Å². The maximum Gasteiger partial charge on any atom is 0.234 e. The number of benzene rings is 2. The van der Waals surface area contributed by atoms with Crippen molar-refractivity contribution in [1.29, 1.82) is 0 Å². The maximum absolute atomic E-state index is 12.2. The number of nitrogens with one attached hydrogen (secondary N) is 1. The summed E-state index contributed by atoms with van der Waals surface area (Å²) in [6.07, 6.45) is 1.19. The summed E-state index contributed by atoms with van der Waals surface area (Å²) in [5.74, 6) is 0.701. The number of rotatable bonds is 9. The molecule has 0 aliphatic carbocycles. The number of ether oxygens (including phenoxy) is 1. The van der Waals surface area contributed by atoms with Crippen LogP contribution in [0.15, 0.2) is 53.4 Å². The Hall–Kier alpha value is -2.38. The minimum atomic E-state index is -3.21. The van der Waals surface area contributed by atoms with Crippen molar-refractivity contribution in [2.75, 3.05) is 33.0 Å². The zero-order valence-electron chi connectivity index (χ0n) is 16.8. The van der Waals surface area contributed by atoms with Crippen molar-refractivity contribution in [3.05, 3.63) is 59.7 Å². The Labute approximate surface area is 167 Å². The Kier molecular flexibility index (Phi) is 7.60. The fourth-order valence-corrected chi connectivity index (χ4v) is 3.36. The lowest BCUT2D eigenvalue weighted by Crippen LogP contribution is -2.38. The van der Waals surface area contributed by atoms with Crippen LogP contribution in [-0.2, 0) is 14.6 Å². The van der Waals surface area contributed by atoms with Gasteiger partial charge in [0.05, 0.1) is 18.0 Å². The van der Waals surface area contributed by atoms with Gasteiger partial charge in [-0.1, -0.05) is 24.3 Å². The smallest absolute Gasteiger partial charge is 0.234 e. The average Bonchev–Trinajstić information content (AvgIpc) is 2.64. The number of hydrogen-bond acceptors (Lipinski definition) is 5. The van der Waals surface area contributed by atoms with Crippen LogP contribution in [-0.4, -0.2) is 52.2 Å². The van der Waals surface area contributed by atoms with Gasteiger partial charge in [-0.2, -0.15) is 0 Å². The highest BCUT2D eigenvalue weighted by Crippen LogP contribution is 2.20. The first-order valence-electron chi connectivity index (χ1n) is 9.13. The molecule has 6 nitrogen and oxygen atoms in total. The summed E-state index contributed by atoms with van der Waals surface area (Å²) in [5.41, 5.74) is 2.08. The second kappa shape index (κ2) is 9.71. The quantitative estimate of drug-likeness (QED) is 0.650. The number of aryl methyl sites for hydroxylation is 1. The highest BCUT2D eigenvalue weighted by molar-refractivity contribution is 7.90. The lowest BCUT2D eigenvalue weighted by Gasteiger charge is -2.24. The van der Waals surface area contributed by atoms with E-state index in [1.165, 1.54) is 6.26 Å². The van der Waals surface area contributed by atoms with E-state index in [-0.39, 0.29) is 23.4 Å². The molecule has 0 aliphatic rings. The van der Waals surface area contributed by atoms with E-state index in [0.29, 0.717) is 13.2 Å². The lowest BCUT2D eigenvalue weighted by molar-refractivity contribution is -0.122. The highest BCUT2D eigenvalue weighted by atomic mass is 32.2. The molecule has 0 aromatic heterocycles. The Morgan fingerprint density at radius 1 is 1.18 bits per heavy atom. The lowest BCUT2D eigenvalue weighted by atomic mass is 10.1. The van der Waals surface area contributed by atoms with Gasteiger partial charge in [-0.15, -0.1) is 0 Å². The van der Waals surface area contributed by atoms with Crippen LogP contribution in [0.1, 0.15) is 24.1 Å². The van der Waals surface area contributed by atoms with Crippen molar-refractivity contribution >= 4 is 15.7 Å². The zero-order chi connectivity index (χ0) is 20.7. The minimum Gasteiger partial charge on any atom is -0.492 e. The third-order valence-corrected chi connectivity index (χ3v) is 5.66. The van der Waals surface area contributed by atoms with Gasteiger partial charge in [-0.05, 0) is 56.3 Å². The minimum absolute atomic E-state index is 0.0251. The van der Waals surface area contributed by atoms with Gasteiger partial charge in [-0.25, -0.2) is 8.42 Å². The van der Waals surface area contributed by atoms with Crippen molar-refractivity contribution in [1.82, 2.24) is 10.2 Å². The Morgan fingerprint density at radius 3 is 2.46 bits per heavy atom. The van der Waals surface area contributed by atoms with Crippen molar-refractivity contribution in [3.8, 4) is 5.75 Å². The van der Waals surface area contributed by atoms with E-state index in [4.69, 9.17) is 4.74 Å². The van der Waals surface area contributed by atoms with Crippen molar-refractivity contribution in [2.24, 2.45) is 0 Å². The largest absolute Gasteiger partial charge is 0.492 e. The number of amides is 1. The average molecular weight is 405 g/mol. The van der Waals surface area contributed by atoms with Crippen LogP contribution in [0.4, 0.5) is 0 Å². The summed E-state index contributed by atoms with van der Waals surface area (Å²) >= 11 is 0. The summed E-state index contributed by atoms with van der Waals surface area (Å²) in [7, 11) is -1.35. The molecule has 2 rings (SSSR count). The van der Waals surface area contributed by atoms with Crippen molar-refractivity contribution in [2.45, 2.75) is 24.8 Å². The molecule has 0 bridgehead atoms. The number of carbonyl (C=O) groups is 1. The number of likely N-dealkylation sites (N-methyl/N-ethyl adjacent to an activating group) is 1. The van der Waals surface area contributed by atoms with Crippen LogP contribution in [0, 0.1) is 6.92 Å². The van der Waals surface area contributed by atoms with E-state index >= 15 is 0 Å². The molecule has 0 radical (unpaired) electrons. The predicted octanol–water partition coefficient (Wildman–Crippen LogP) is 2.59. The molecule has 1 unspecified atom stereocenters. The standard InChI is InChI=1S/C21H28N2O4S/c1-16-6-5-7-19(14-16)27-13-12-22-21(24)15-23(3)17(2)18-8-10-20(11-9-18)28(4,25)26/h5-11,14,17H,12-13,15H2,1-4H3,(H,22,24). The number of carbonyl (C=O) groups excluding carboxylic acids is 1. The molecule has 0 heterocycles. The molecule has 0 spiro atoms. The third kappa shape index (κ3) is 6.65. The molecule has 152 valence electrons. The zero-order valence-corrected chi connectivity index (χ0v) is 17.6. The van der Waals surface area contributed by atoms with Gasteiger partial charge >= 0.3 is 0 Å². The molecule has 1 amide bonds. The fourth-order valence-electron chi connectivity index (χ4n) is 2.73. The molecule has 7 heteroatoms. The fraction of sp³-hybridized carbons (Fsp3) is 0.381. The van der Waals surface area contributed by atoms with Gasteiger partial charge in [0.2, 0.25) is 5.91 Å². The van der Waals surface area contributed by atoms with Gasteiger partial charge in [0, 0.05) is 12.3 Å². The second-order valence-electron chi connectivity index (χ2n) is 6.95. The van der Waals surface area contributed by atoms with E-state index in [1.807, 2.05) is 50.1 Å². The van der Waals surface area contributed by atoms with E-state index < -0.39 is 9.84 Å². The molecule has 0 saturated heterocycles. The highest BCUT2D eigenvalue weighted by Gasteiger charge is 2.16. The summed E-state index contributed by atoms with van der Waals surface area (Å²) in [5, 5.41) is 2.85. The first-order chi connectivity index (χ1) is 13.2. The number of nitrogens with zero attached hydrogens (tertiary/aromatic N) is 1. The van der Waals surface area contributed by atoms with E-state index in [0.717, 1.165) is 16.9 Å². The molecule has 0 aliphatic heterocycles. The van der Waals surface area contributed by atoms with Crippen molar-refractivity contribution < 1.29 is 17.9 Å². The SMILES string of the molecule is Cc1cccc(OCCNC(=O)CN(C)C(C)c2ccc(S(C)(=O)=O)cc2)c1. The third-order valence-electron chi connectivity index (χ3n) is 4.53. The number of sulfone groups is 1. The van der Waals surface area contributed by atoms with Crippen LogP contribution >= 0.6 is 0 Å². The molecular formula is C21H28N2O4S. The Bertz CT molecular complexity index is 895. The second-order valence-corrected chi connectivity index (χ2v) is 8.96. The van der Waals surface area contributed by atoms with E-state index in [2.05, 4.69) is 5.32 Å². The van der Waals surface area contributed by atoms with Crippen LogP contribution in [0.25, 0.3) is 0 Å². The molecule has 1 atom stereocenters. The van der Waals surface area contributed by atoms with Crippen LogP contribution in [0.3, 0.4) is 0 Å². The first kappa shape index (κ1) is 21.9. The van der Waals surface area contributed by atoms with Gasteiger partial charge in [-0.3, -0.25) is 9.69 Å². The molecule has 2 aromatic carbocycles. The van der Waals surface area contributed by atoms with Crippen LogP contribution in [0.5, 0.6) is 5.75 Å². The summed E-state index contributed by atoms with van der Waals surface area (Å²) < 4.78 is 28.7. The van der Waals surface area contributed by atoms with Gasteiger partial charge in [0.25, 0.3) is 0 Å². The summed E-state index contributed by atoms with van der Waals surface area (Å²) in [6, 6.07) is 14.5. The van der Waals surface area contributed by atoms with Gasteiger partial charge in [0.1, 0.15) is 12.4 Å². The molecule has 0 saturated carbocycles. The molecule has 28 heavy (non-hydrogen) atoms. The normalized spacial score (nSPS) is 12.6. The first-order valence-corrected chi connectivity index (χ1v) is 11.0. The summed E-state index contributed by atoms with van der Waals surface area (Å²) in [6.45, 7) is 5.04. The monoisotopic (exact) mass is 404 g/mol. The topological polar surface area (TPSA) is 75.7 Å². The molecule has 1 N–H and O–H groups in total. The van der Waals surface area contributed by atoms with Crippen LogP contribution in [0.2, 0.25) is 0 Å². The van der Waals surface area contributed by atoms with Crippen LogP contribution < -0.4 is 10.1 Å². The van der Waals surface area contributed by atoms with E-state index in [1.54, 1.807) is 24.3 Å². The summed E-state index contributed by atoms with van der Waals surface area (Å²) in [4.78, 5) is 14.4. The molecular weight excluding hydrogens is 376 g/mol. The van der Waals surface area contributed by atoms with Gasteiger partial charge < -0.3 is 10.1 Å². The van der Waals surface area contributed by atoms with Crippen molar-refractivity contribution in [3.63, 3.8) is 0 Å².